The topological polar surface area (TPSA) is 22.1 Å². The van der Waals surface area contributed by atoms with Gasteiger partial charge in [0.2, 0.25) is 5.88 Å². The molecule has 1 aromatic rings. The van der Waals surface area contributed by atoms with E-state index < -0.39 is 18.9 Å². The average molecular weight is 335 g/mol. The Hall–Kier alpha value is -0.600. The minimum Gasteiger partial charge on any atom is -0.387 e. The molecule has 0 bridgehead atoms. The Morgan fingerprint density at radius 3 is 2.53 bits per heavy atom. The number of nitrogens with zero attached hydrogens (tertiary/aromatic N) is 1. The molecule has 1 aromatic heterocycles. The third kappa shape index (κ3) is 3.18. The Bertz CT molecular complexity index is 366. The van der Waals surface area contributed by atoms with Gasteiger partial charge in [-0.1, -0.05) is 0 Å². The molecule has 0 aliphatic heterocycles. The van der Waals surface area contributed by atoms with E-state index in [1.807, 2.05) is 0 Å². The lowest BCUT2D eigenvalue weighted by molar-refractivity contribution is -0.276. The SMILES string of the molecule is Cc1c(CF)cnc(OC(F)(F)F)c1I. The molecule has 0 N–H and O–H groups in total. The summed E-state index contributed by atoms with van der Waals surface area (Å²) in [5.74, 6) is -0.544. The third-order valence-electron chi connectivity index (χ3n) is 1.69. The number of halogens is 5. The molecule has 0 unspecified atom stereocenters. The van der Waals surface area contributed by atoms with Crippen LogP contribution in [0.4, 0.5) is 17.6 Å². The zero-order chi connectivity index (χ0) is 11.6. The molecule has 0 radical (unpaired) electrons. The van der Waals surface area contributed by atoms with Crippen molar-refractivity contribution in [3.63, 3.8) is 0 Å². The van der Waals surface area contributed by atoms with Crippen molar-refractivity contribution in [2.45, 2.75) is 20.0 Å². The van der Waals surface area contributed by atoms with E-state index in [0.717, 1.165) is 6.20 Å². The van der Waals surface area contributed by atoms with Crippen LogP contribution in [0.3, 0.4) is 0 Å². The van der Waals surface area contributed by atoms with E-state index in [1.54, 1.807) is 22.6 Å². The van der Waals surface area contributed by atoms with Crippen molar-refractivity contribution in [3.8, 4) is 5.88 Å². The lowest BCUT2D eigenvalue weighted by atomic mass is 10.2. The number of rotatable bonds is 2. The third-order valence-corrected chi connectivity index (χ3v) is 2.96. The first-order valence-electron chi connectivity index (χ1n) is 3.81. The number of pyridine rings is 1. The monoisotopic (exact) mass is 335 g/mol. The van der Waals surface area contributed by atoms with Gasteiger partial charge in [0.05, 0.1) is 3.57 Å². The van der Waals surface area contributed by atoms with E-state index in [2.05, 4.69) is 9.72 Å². The minimum atomic E-state index is -4.78. The molecular weight excluding hydrogens is 329 g/mol. The van der Waals surface area contributed by atoms with Crippen molar-refractivity contribution in [1.82, 2.24) is 4.98 Å². The fourth-order valence-corrected chi connectivity index (χ4v) is 1.50. The highest BCUT2D eigenvalue weighted by Gasteiger charge is 2.33. The highest BCUT2D eigenvalue weighted by Crippen LogP contribution is 2.29. The van der Waals surface area contributed by atoms with Gasteiger partial charge in [-0.2, -0.15) is 0 Å². The van der Waals surface area contributed by atoms with E-state index >= 15 is 0 Å². The maximum absolute atomic E-state index is 12.3. The van der Waals surface area contributed by atoms with Crippen LogP contribution in [0.1, 0.15) is 11.1 Å². The lowest BCUT2D eigenvalue weighted by Gasteiger charge is -2.12. The van der Waals surface area contributed by atoms with Gasteiger partial charge in [0.15, 0.2) is 0 Å². The molecule has 0 aromatic carbocycles. The van der Waals surface area contributed by atoms with Gasteiger partial charge in [0.25, 0.3) is 0 Å². The second-order valence-corrected chi connectivity index (χ2v) is 3.79. The number of hydrogen-bond acceptors (Lipinski definition) is 2. The zero-order valence-corrected chi connectivity index (χ0v) is 9.69. The van der Waals surface area contributed by atoms with Gasteiger partial charge in [-0.05, 0) is 35.1 Å². The smallest absolute Gasteiger partial charge is 0.387 e. The largest absolute Gasteiger partial charge is 0.574 e. The van der Waals surface area contributed by atoms with E-state index in [9.17, 15) is 17.6 Å². The normalized spacial score (nSPS) is 11.6. The predicted octanol–water partition coefficient (Wildman–Crippen LogP) is 3.36. The van der Waals surface area contributed by atoms with E-state index in [0.29, 0.717) is 5.56 Å². The second kappa shape index (κ2) is 4.50. The standard InChI is InChI=1S/C8H6F4INO/c1-4-5(2-9)3-14-7(6(4)13)15-8(10,11)12/h3H,2H2,1H3. The molecule has 7 heteroatoms. The maximum Gasteiger partial charge on any atom is 0.574 e. The van der Waals surface area contributed by atoms with E-state index in [-0.39, 0.29) is 9.13 Å². The minimum absolute atomic E-state index is 0.167. The molecule has 0 saturated heterocycles. The number of ether oxygens (including phenoxy) is 1. The Balaban J connectivity index is 3.07. The van der Waals surface area contributed by atoms with Crippen LogP contribution in [0, 0.1) is 10.5 Å². The molecule has 0 atom stereocenters. The molecule has 0 saturated carbocycles. The van der Waals surface area contributed by atoms with Gasteiger partial charge < -0.3 is 4.74 Å². The van der Waals surface area contributed by atoms with Crippen molar-refractivity contribution in [2.24, 2.45) is 0 Å². The second-order valence-electron chi connectivity index (χ2n) is 2.71. The van der Waals surface area contributed by atoms with Crippen molar-refractivity contribution in [2.75, 3.05) is 0 Å². The van der Waals surface area contributed by atoms with Crippen molar-refractivity contribution < 1.29 is 22.3 Å². The van der Waals surface area contributed by atoms with Gasteiger partial charge in [0, 0.05) is 11.8 Å². The van der Waals surface area contributed by atoms with Crippen LogP contribution in [0.15, 0.2) is 6.20 Å². The van der Waals surface area contributed by atoms with Crippen LogP contribution >= 0.6 is 22.6 Å². The first-order valence-corrected chi connectivity index (χ1v) is 4.88. The predicted molar refractivity (Wildman–Crippen MR) is 53.2 cm³/mol. The molecule has 15 heavy (non-hydrogen) atoms. The van der Waals surface area contributed by atoms with Gasteiger partial charge >= 0.3 is 6.36 Å². The summed E-state index contributed by atoms with van der Waals surface area (Å²) in [5, 5.41) is 0. The molecular formula is C8H6F4INO. The highest BCUT2D eigenvalue weighted by atomic mass is 127. The Kier molecular flexibility index (Phi) is 3.74. The number of alkyl halides is 4. The quantitative estimate of drug-likeness (QED) is 0.611. The molecule has 0 amide bonds. The van der Waals surface area contributed by atoms with Crippen molar-refractivity contribution in [3.05, 3.63) is 20.9 Å². The zero-order valence-electron chi connectivity index (χ0n) is 7.53. The molecule has 1 heterocycles. The maximum atomic E-state index is 12.3. The molecule has 0 fully saturated rings. The van der Waals surface area contributed by atoms with Crippen molar-refractivity contribution >= 4 is 22.6 Å². The van der Waals surface area contributed by atoms with Crippen LogP contribution in [0.5, 0.6) is 5.88 Å². The Morgan fingerprint density at radius 2 is 2.07 bits per heavy atom. The van der Waals surface area contributed by atoms with Gasteiger partial charge in [-0.3, -0.25) is 0 Å². The number of hydrogen-bond donors (Lipinski definition) is 0. The summed E-state index contributed by atoms with van der Waals surface area (Å²) in [5.41, 5.74) is 0.668. The van der Waals surface area contributed by atoms with Crippen LogP contribution in [0.25, 0.3) is 0 Å². The highest BCUT2D eigenvalue weighted by molar-refractivity contribution is 14.1. The Morgan fingerprint density at radius 1 is 1.47 bits per heavy atom. The first kappa shape index (κ1) is 12.5. The summed E-state index contributed by atoms with van der Waals surface area (Å²) in [6.07, 6.45) is -3.74. The van der Waals surface area contributed by atoms with Crippen LogP contribution in [-0.2, 0) is 6.67 Å². The molecule has 1 rings (SSSR count). The van der Waals surface area contributed by atoms with Crippen LogP contribution < -0.4 is 4.74 Å². The number of aromatic nitrogens is 1. The van der Waals surface area contributed by atoms with Crippen LogP contribution in [0.2, 0.25) is 0 Å². The summed E-state index contributed by atoms with van der Waals surface area (Å²) in [6.45, 7) is 0.753. The molecule has 0 aliphatic carbocycles. The van der Waals surface area contributed by atoms with E-state index in [4.69, 9.17) is 0 Å². The molecule has 2 nitrogen and oxygen atoms in total. The summed E-state index contributed by atoms with van der Waals surface area (Å²) >= 11 is 1.64. The summed E-state index contributed by atoms with van der Waals surface area (Å²) in [4.78, 5) is 3.41. The molecule has 0 aliphatic rings. The van der Waals surface area contributed by atoms with Gasteiger partial charge in [-0.15, -0.1) is 13.2 Å². The first-order chi connectivity index (χ1) is 6.85. The molecule has 84 valence electrons. The van der Waals surface area contributed by atoms with Gasteiger partial charge in [0.1, 0.15) is 6.67 Å². The van der Waals surface area contributed by atoms with Crippen molar-refractivity contribution in [1.29, 1.82) is 0 Å². The summed E-state index contributed by atoms with van der Waals surface area (Å²) in [7, 11) is 0. The van der Waals surface area contributed by atoms with Gasteiger partial charge in [-0.25, -0.2) is 9.37 Å². The van der Waals surface area contributed by atoms with Crippen LogP contribution in [-0.4, -0.2) is 11.3 Å². The van der Waals surface area contributed by atoms with E-state index in [1.165, 1.54) is 6.92 Å². The summed E-state index contributed by atoms with van der Waals surface area (Å²) in [6, 6.07) is 0. The average Bonchev–Trinajstić information content (AvgIpc) is 2.11. The lowest BCUT2D eigenvalue weighted by Crippen LogP contribution is -2.19. The molecule has 0 spiro atoms. The summed E-state index contributed by atoms with van der Waals surface area (Å²) < 4.78 is 51.9. The fraction of sp³-hybridized carbons (Fsp3) is 0.375. The fourth-order valence-electron chi connectivity index (χ4n) is 0.907. The Labute approximate surface area is 96.8 Å².